The summed E-state index contributed by atoms with van der Waals surface area (Å²) in [5.41, 5.74) is 1.51. The number of amides is 1. The molecule has 2 aliphatic heterocycles. The van der Waals surface area contributed by atoms with Crippen molar-refractivity contribution in [3.05, 3.63) is 17.0 Å². The van der Waals surface area contributed by atoms with Crippen LogP contribution in [0, 0.1) is 0 Å². The first-order chi connectivity index (χ1) is 11.3. The summed E-state index contributed by atoms with van der Waals surface area (Å²) in [4.78, 5) is 15.1. The Morgan fingerprint density at radius 3 is 2.78 bits per heavy atom. The van der Waals surface area contributed by atoms with Crippen LogP contribution in [0.15, 0.2) is 4.52 Å². The van der Waals surface area contributed by atoms with E-state index in [9.17, 15) is 4.79 Å². The highest BCUT2D eigenvalue weighted by atomic mass is 16.5. The van der Waals surface area contributed by atoms with Gasteiger partial charge in [0.25, 0.3) is 5.91 Å². The number of fused-ring (bicyclic) bond motifs is 1. The van der Waals surface area contributed by atoms with Gasteiger partial charge in [-0.15, -0.1) is 0 Å². The standard InChI is InChI=1S/C17H25N3O3/c21-17(16-12-6-2-3-7-15(12)23-19-16)18-13-10-22-11-14(13)20-8-4-1-5-9-20/h13-14H,1-11H2,(H,18,21)/t13-,14-/m1/s1. The first-order valence-electron chi connectivity index (χ1n) is 8.93. The first kappa shape index (κ1) is 15.1. The molecular formula is C17H25N3O3. The molecule has 1 N–H and O–H groups in total. The Morgan fingerprint density at radius 1 is 1.09 bits per heavy atom. The Hall–Kier alpha value is -1.40. The number of aromatic nitrogens is 1. The van der Waals surface area contributed by atoms with Crippen LogP contribution in [0.3, 0.4) is 0 Å². The van der Waals surface area contributed by atoms with Crippen LogP contribution < -0.4 is 5.32 Å². The molecule has 2 fully saturated rings. The molecule has 6 heteroatoms. The van der Waals surface area contributed by atoms with Gasteiger partial charge in [-0.3, -0.25) is 9.69 Å². The summed E-state index contributed by atoms with van der Waals surface area (Å²) < 4.78 is 11.0. The van der Waals surface area contributed by atoms with Gasteiger partial charge in [0.05, 0.1) is 25.3 Å². The molecule has 1 aliphatic carbocycles. The Bertz CT molecular complexity index is 565. The molecular weight excluding hydrogens is 294 g/mol. The molecule has 0 saturated carbocycles. The van der Waals surface area contributed by atoms with Crippen molar-refractivity contribution >= 4 is 5.91 Å². The zero-order valence-corrected chi connectivity index (χ0v) is 13.6. The van der Waals surface area contributed by atoms with Gasteiger partial charge in [-0.25, -0.2) is 0 Å². The summed E-state index contributed by atoms with van der Waals surface area (Å²) in [6.07, 6.45) is 7.83. The van der Waals surface area contributed by atoms with E-state index >= 15 is 0 Å². The minimum absolute atomic E-state index is 0.0524. The molecule has 0 bridgehead atoms. The fraction of sp³-hybridized carbons (Fsp3) is 0.765. The predicted molar refractivity (Wildman–Crippen MR) is 84.4 cm³/mol. The van der Waals surface area contributed by atoms with Crippen molar-refractivity contribution in [2.75, 3.05) is 26.3 Å². The van der Waals surface area contributed by atoms with Crippen molar-refractivity contribution < 1.29 is 14.1 Å². The molecule has 0 radical (unpaired) electrons. The Morgan fingerprint density at radius 2 is 1.91 bits per heavy atom. The largest absolute Gasteiger partial charge is 0.378 e. The molecule has 1 aromatic rings. The molecule has 2 saturated heterocycles. The van der Waals surface area contributed by atoms with E-state index in [-0.39, 0.29) is 11.9 Å². The zero-order chi connectivity index (χ0) is 15.6. The lowest BCUT2D eigenvalue weighted by Crippen LogP contribution is -2.52. The number of ether oxygens (including phenoxy) is 1. The summed E-state index contributed by atoms with van der Waals surface area (Å²) >= 11 is 0. The van der Waals surface area contributed by atoms with Crippen LogP contribution in [-0.4, -0.2) is 54.4 Å². The van der Waals surface area contributed by atoms with Gasteiger partial charge in [0.15, 0.2) is 5.69 Å². The molecule has 2 atom stereocenters. The third-order valence-corrected chi connectivity index (χ3v) is 5.39. The number of hydrogen-bond donors (Lipinski definition) is 1. The van der Waals surface area contributed by atoms with Crippen molar-refractivity contribution in [1.29, 1.82) is 0 Å². The molecule has 1 amide bonds. The van der Waals surface area contributed by atoms with Crippen molar-refractivity contribution in [3.8, 4) is 0 Å². The van der Waals surface area contributed by atoms with E-state index in [0.717, 1.165) is 50.1 Å². The molecule has 1 aromatic heterocycles. The average Bonchev–Trinajstić information content (AvgIpc) is 3.22. The molecule has 0 spiro atoms. The average molecular weight is 319 g/mol. The van der Waals surface area contributed by atoms with E-state index in [2.05, 4.69) is 15.4 Å². The van der Waals surface area contributed by atoms with E-state index < -0.39 is 0 Å². The van der Waals surface area contributed by atoms with Crippen molar-refractivity contribution in [2.45, 2.75) is 57.0 Å². The molecule has 3 aliphatic rings. The minimum Gasteiger partial charge on any atom is -0.378 e. The maximum atomic E-state index is 12.7. The van der Waals surface area contributed by atoms with E-state index in [1.165, 1.54) is 19.3 Å². The molecule has 23 heavy (non-hydrogen) atoms. The third-order valence-electron chi connectivity index (χ3n) is 5.39. The number of nitrogens with zero attached hydrogens (tertiary/aromatic N) is 2. The van der Waals surface area contributed by atoms with Gasteiger partial charge in [-0.05, 0) is 45.2 Å². The Kier molecular flexibility index (Phi) is 4.35. The Labute approximate surface area is 136 Å². The van der Waals surface area contributed by atoms with Crippen LogP contribution in [0.25, 0.3) is 0 Å². The highest BCUT2D eigenvalue weighted by molar-refractivity contribution is 5.94. The maximum Gasteiger partial charge on any atom is 0.274 e. The number of rotatable bonds is 3. The summed E-state index contributed by atoms with van der Waals surface area (Å²) in [5.74, 6) is 0.797. The molecule has 126 valence electrons. The van der Waals surface area contributed by atoms with Gasteiger partial charge >= 0.3 is 0 Å². The monoisotopic (exact) mass is 319 g/mol. The molecule has 6 nitrogen and oxygen atoms in total. The lowest BCUT2D eigenvalue weighted by Gasteiger charge is -2.34. The van der Waals surface area contributed by atoms with Crippen LogP contribution in [0.5, 0.6) is 0 Å². The maximum absolute atomic E-state index is 12.7. The van der Waals surface area contributed by atoms with Gasteiger partial charge in [0.2, 0.25) is 0 Å². The second kappa shape index (κ2) is 6.61. The summed E-state index contributed by atoms with van der Waals surface area (Å²) in [7, 11) is 0. The summed E-state index contributed by atoms with van der Waals surface area (Å²) in [5, 5.41) is 7.19. The molecule has 4 rings (SSSR count). The SMILES string of the molecule is O=C(N[C@@H]1COC[C@H]1N1CCCCC1)c1noc2c1CCCC2. The first-order valence-corrected chi connectivity index (χ1v) is 8.93. The topological polar surface area (TPSA) is 67.6 Å². The number of likely N-dealkylation sites (tertiary alicyclic amines) is 1. The lowest BCUT2D eigenvalue weighted by molar-refractivity contribution is 0.0890. The van der Waals surface area contributed by atoms with Crippen LogP contribution in [0.2, 0.25) is 0 Å². The Balaban J connectivity index is 1.44. The summed E-state index contributed by atoms with van der Waals surface area (Å²) in [6.45, 7) is 3.52. The second-order valence-corrected chi connectivity index (χ2v) is 6.92. The second-order valence-electron chi connectivity index (χ2n) is 6.92. The quantitative estimate of drug-likeness (QED) is 0.915. The van der Waals surface area contributed by atoms with Gasteiger partial charge in [0.1, 0.15) is 5.76 Å². The highest BCUT2D eigenvalue weighted by Gasteiger charge is 2.36. The van der Waals surface area contributed by atoms with Gasteiger partial charge < -0.3 is 14.6 Å². The van der Waals surface area contributed by atoms with E-state index in [1.807, 2.05) is 0 Å². The van der Waals surface area contributed by atoms with Crippen LogP contribution >= 0.6 is 0 Å². The van der Waals surface area contributed by atoms with Crippen molar-refractivity contribution in [3.63, 3.8) is 0 Å². The normalized spacial score (nSPS) is 28.5. The van der Waals surface area contributed by atoms with Crippen molar-refractivity contribution in [2.24, 2.45) is 0 Å². The lowest BCUT2D eigenvalue weighted by atomic mass is 9.96. The third kappa shape index (κ3) is 3.02. The molecule has 3 heterocycles. The van der Waals surface area contributed by atoms with Crippen molar-refractivity contribution in [1.82, 2.24) is 15.4 Å². The van der Waals surface area contributed by atoms with Crippen LogP contribution in [0.4, 0.5) is 0 Å². The van der Waals surface area contributed by atoms with Crippen LogP contribution in [-0.2, 0) is 17.6 Å². The number of aryl methyl sites for hydroxylation is 1. The smallest absolute Gasteiger partial charge is 0.274 e. The number of carbonyl (C=O) groups is 1. The zero-order valence-electron chi connectivity index (χ0n) is 13.6. The van der Waals surface area contributed by atoms with E-state index in [4.69, 9.17) is 9.26 Å². The minimum atomic E-state index is -0.102. The van der Waals surface area contributed by atoms with E-state index in [1.54, 1.807) is 0 Å². The molecule has 0 unspecified atom stereocenters. The number of nitrogens with one attached hydrogen (secondary N) is 1. The van der Waals surface area contributed by atoms with E-state index in [0.29, 0.717) is 24.9 Å². The summed E-state index contributed by atoms with van der Waals surface area (Å²) in [6, 6.07) is 0.346. The van der Waals surface area contributed by atoms with Gasteiger partial charge in [-0.1, -0.05) is 11.6 Å². The predicted octanol–water partition coefficient (Wildman–Crippen LogP) is 1.54. The number of piperidine rings is 1. The fourth-order valence-corrected chi connectivity index (χ4v) is 4.09. The molecule has 0 aromatic carbocycles. The number of carbonyl (C=O) groups excluding carboxylic acids is 1. The van der Waals surface area contributed by atoms with Gasteiger partial charge in [0, 0.05) is 12.0 Å². The highest BCUT2D eigenvalue weighted by Crippen LogP contribution is 2.25. The fourth-order valence-electron chi connectivity index (χ4n) is 4.09. The number of hydrogen-bond acceptors (Lipinski definition) is 5. The van der Waals surface area contributed by atoms with Gasteiger partial charge in [-0.2, -0.15) is 0 Å². The van der Waals surface area contributed by atoms with Crippen LogP contribution in [0.1, 0.15) is 53.9 Å².